The van der Waals surface area contributed by atoms with Crippen molar-refractivity contribution in [2.75, 3.05) is 19.6 Å². The van der Waals surface area contributed by atoms with Crippen LogP contribution in [0.4, 0.5) is 0 Å². The van der Waals surface area contributed by atoms with E-state index in [1.807, 2.05) is 32.0 Å². The number of nitrogens with one attached hydrogen (secondary N) is 1. The van der Waals surface area contributed by atoms with Crippen LogP contribution in [-0.4, -0.2) is 46.1 Å². The molecule has 0 bridgehead atoms. The SMILES string of the molecule is CCNC(=O)CN(CC)C(=O)c1cnn(-c2ccccc2Cl)c1. The molecule has 0 spiro atoms. The van der Waals surface area contributed by atoms with Crippen molar-refractivity contribution < 1.29 is 9.59 Å². The molecular weight excluding hydrogens is 316 g/mol. The molecule has 1 N–H and O–H groups in total. The molecule has 0 radical (unpaired) electrons. The van der Waals surface area contributed by atoms with Gasteiger partial charge < -0.3 is 10.2 Å². The van der Waals surface area contributed by atoms with Crippen molar-refractivity contribution in [2.24, 2.45) is 0 Å². The normalized spacial score (nSPS) is 10.4. The number of likely N-dealkylation sites (N-methyl/N-ethyl adjacent to an activating group) is 2. The van der Waals surface area contributed by atoms with Crippen LogP contribution in [0.2, 0.25) is 5.02 Å². The number of benzene rings is 1. The number of carbonyl (C=O) groups is 2. The van der Waals surface area contributed by atoms with Gasteiger partial charge in [-0.25, -0.2) is 4.68 Å². The van der Waals surface area contributed by atoms with Gasteiger partial charge in [0.15, 0.2) is 0 Å². The van der Waals surface area contributed by atoms with Gasteiger partial charge in [0.1, 0.15) is 0 Å². The Labute approximate surface area is 140 Å². The Hall–Kier alpha value is -2.34. The van der Waals surface area contributed by atoms with E-state index in [1.54, 1.807) is 16.9 Å². The zero-order valence-electron chi connectivity index (χ0n) is 13.1. The second-order valence-electron chi connectivity index (χ2n) is 4.90. The summed E-state index contributed by atoms with van der Waals surface area (Å²) in [4.78, 5) is 25.7. The van der Waals surface area contributed by atoms with Crippen molar-refractivity contribution in [1.29, 1.82) is 0 Å². The molecule has 0 unspecified atom stereocenters. The second-order valence-corrected chi connectivity index (χ2v) is 5.31. The molecule has 0 aliphatic heterocycles. The number of halogens is 1. The van der Waals surface area contributed by atoms with Gasteiger partial charge in [0.2, 0.25) is 5.91 Å². The molecule has 2 aromatic rings. The van der Waals surface area contributed by atoms with Crippen LogP contribution in [0.5, 0.6) is 0 Å². The first-order valence-corrected chi connectivity index (χ1v) is 7.80. The highest BCUT2D eigenvalue weighted by molar-refractivity contribution is 6.32. The smallest absolute Gasteiger partial charge is 0.257 e. The molecule has 2 rings (SSSR count). The van der Waals surface area contributed by atoms with Crippen LogP contribution in [-0.2, 0) is 4.79 Å². The van der Waals surface area contributed by atoms with Crippen LogP contribution in [0.15, 0.2) is 36.7 Å². The van der Waals surface area contributed by atoms with Crippen molar-refractivity contribution in [2.45, 2.75) is 13.8 Å². The first kappa shape index (κ1) is 17.0. The van der Waals surface area contributed by atoms with Crippen LogP contribution in [0.25, 0.3) is 5.69 Å². The molecular formula is C16H19ClN4O2. The Bertz CT molecular complexity index is 699. The molecule has 2 amide bonds. The van der Waals surface area contributed by atoms with Crippen molar-refractivity contribution in [3.8, 4) is 5.69 Å². The molecule has 0 saturated carbocycles. The lowest BCUT2D eigenvalue weighted by atomic mass is 10.3. The molecule has 6 nitrogen and oxygen atoms in total. The molecule has 1 aromatic carbocycles. The molecule has 0 saturated heterocycles. The van der Waals surface area contributed by atoms with E-state index in [0.29, 0.717) is 29.4 Å². The summed E-state index contributed by atoms with van der Waals surface area (Å²) in [5, 5.41) is 7.41. The number of para-hydroxylation sites is 1. The quantitative estimate of drug-likeness (QED) is 0.880. The van der Waals surface area contributed by atoms with Crippen molar-refractivity contribution in [1.82, 2.24) is 20.0 Å². The first-order valence-electron chi connectivity index (χ1n) is 7.42. The number of amides is 2. The number of hydrogen-bond acceptors (Lipinski definition) is 3. The Morgan fingerprint density at radius 2 is 2.04 bits per heavy atom. The van der Waals surface area contributed by atoms with Crippen LogP contribution in [0.1, 0.15) is 24.2 Å². The highest BCUT2D eigenvalue weighted by atomic mass is 35.5. The molecule has 0 aliphatic carbocycles. The number of hydrogen-bond donors (Lipinski definition) is 1. The number of aromatic nitrogens is 2. The molecule has 0 aliphatic rings. The summed E-state index contributed by atoms with van der Waals surface area (Å²) in [6, 6.07) is 7.24. The van der Waals surface area contributed by atoms with E-state index in [-0.39, 0.29) is 18.4 Å². The van der Waals surface area contributed by atoms with Gasteiger partial charge in [-0.3, -0.25) is 9.59 Å². The minimum Gasteiger partial charge on any atom is -0.355 e. The van der Waals surface area contributed by atoms with E-state index in [1.165, 1.54) is 11.1 Å². The number of rotatable bonds is 6. The van der Waals surface area contributed by atoms with Crippen LogP contribution < -0.4 is 5.32 Å². The summed E-state index contributed by atoms with van der Waals surface area (Å²) in [7, 11) is 0. The van der Waals surface area contributed by atoms with E-state index in [0.717, 1.165) is 0 Å². The molecule has 1 heterocycles. The standard InChI is InChI=1S/C16H19ClN4O2/c1-3-18-15(22)11-20(4-2)16(23)12-9-19-21(10-12)14-8-6-5-7-13(14)17/h5-10H,3-4,11H2,1-2H3,(H,18,22). The lowest BCUT2D eigenvalue weighted by molar-refractivity contribution is -0.121. The maximum absolute atomic E-state index is 12.5. The lowest BCUT2D eigenvalue weighted by Crippen LogP contribution is -2.40. The second kappa shape index (κ2) is 7.78. The van der Waals surface area contributed by atoms with Gasteiger partial charge in [-0.05, 0) is 26.0 Å². The highest BCUT2D eigenvalue weighted by Gasteiger charge is 2.19. The fraction of sp³-hybridized carbons (Fsp3) is 0.312. The Balaban J connectivity index is 2.17. The summed E-state index contributed by atoms with van der Waals surface area (Å²) in [6.07, 6.45) is 3.09. The van der Waals surface area contributed by atoms with Gasteiger partial charge in [0, 0.05) is 19.3 Å². The van der Waals surface area contributed by atoms with Gasteiger partial charge in [-0.15, -0.1) is 0 Å². The fourth-order valence-electron chi connectivity index (χ4n) is 2.14. The number of nitrogens with zero attached hydrogens (tertiary/aromatic N) is 3. The van der Waals surface area contributed by atoms with Crippen molar-refractivity contribution >= 4 is 23.4 Å². The van der Waals surface area contributed by atoms with Gasteiger partial charge in [-0.2, -0.15) is 5.10 Å². The topological polar surface area (TPSA) is 67.2 Å². The molecule has 23 heavy (non-hydrogen) atoms. The Morgan fingerprint density at radius 3 is 2.70 bits per heavy atom. The highest BCUT2D eigenvalue weighted by Crippen LogP contribution is 2.19. The van der Waals surface area contributed by atoms with Crippen LogP contribution >= 0.6 is 11.6 Å². The van der Waals surface area contributed by atoms with Crippen LogP contribution in [0, 0.1) is 0 Å². The third kappa shape index (κ3) is 4.10. The molecule has 1 aromatic heterocycles. The van der Waals surface area contributed by atoms with Crippen molar-refractivity contribution in [3.05, 3.63) is 47.2 Å². The zero-order chi connectivity index (χ0) is 16.8. The predicted molar refractivity (Wildman–Crippen MR) is 88.8 cm³/mol. The zero-order valence-corrected chi connectivity index (χ0v) is 13.9. The fourth-order valence-corrected chi connectivity index (χ4v) is 2.36. The Morgan fingerprint density at radius 1 is 1.30 bits per heavy atom. The van der Waals surface area contributed by atoms with E-state index in [4.69, 9.17) is 11.6 Å². The predicted octanol–water partition coefficient (Wildman–Crippen LogP) is 2.12. The third-order valence-electron chi connectivity index (χ3n) is 3.31. The summed E-state index contributed by atoms with van der Waals surface area (Å²) in [5.74, 6) is -0.418. The summed E-state index contributed by atoms with van der Waals surface area (Å²) in [5.41, 5.74) is 1.11. The monoisotopic (exact) mass is 334 g/mol. The van der Waals surface area contributed by atoms with Gasteiger partial charge in [0.25, 0.3) is 5.91 Å². The summed E-state index contributed by atoms with van der Waals surface area (Å²) >= 11 is 6.13. The molecule has 122 valence electrons. The van der Waals surface area contributed by atoms with E-state index in [9.17, 15) is 9.59 Å². The minimum absolute atomic E-state index is 0.0282. The molecule has 0 atom stereocenters. The van der Waals surface area contributed by atoms with E-state index in [2.05, 4.69) is 10.4 Å². The largest absolute Gasteiger partial charge is 0.355 e. The molecule has 0 fully saturated rings. The van der Waals surface area contributed by atoms with Gasteiger partial charge in [0.05, 0.1) is 29.0 Å². The van der Waals surface area contributed by atoms with E-state index < -0.39 is 0 Å². The van der Waals surface area contributed by atoms with E-state index >= 15 is 0 Å². The maximum atomic E-state index is 12.5. The van der Waals surface area contributed by atoms with Crippen LogP contribution in [0.3, 0.4) is 0 Å². The molecule has 7 heteroatoms. The average molecular weight is 335 g/mol. The first-order chi connectivity index (χ1) is 11.1. The van der Waals surface area contributed by atoms with Gasteiger partial charge >= 0.3 is 0 Å². The lowest BCUT2D eigenvalue weighted by Gasteiger charge is -2.19. The summed E-state index contributed by atoms with van der Waals surface area (Å²) < 4.78 is 1.55. The average Bonchev–Trinajstić information content (AvgIpc) is 3.02. The maximum Gasteiger partial charge on any atom is 0.257 e. The van der Waals surface area contributed by atoms with Crippen molar-refractivity contribution in [3.63, 3.8) is 0 Å². The number of carbonyl (C=O) groups excluding carboxylic acids is 2. The van der Waals surface area contributed by atoms with Gasteiger partial charge in [-0.1, -0.05) is 23.7 Å². The third-order valence-corrected chi connectivity index (χ3v) is 3.63. The summed E-state index contributed by atoms with van der Waals surface area (Å²) in [6.45, 7) is 4.67. The minimum atomic E-state index is -0.239. The Kier molecular flexibility index (Phi) is 5.76.